The molecule has 0 atom stereocenters. The molecule has 1 amide bonds. The molecule has 0 bridgehead atoms. The van der Waals surface area contributed by atoms with E-state index in [1.165, 1.54) is 22.0 Å². The number of hydrogen-bond acceptors (Lipinski definition) is 7. The second-order valence-corrected chi connectivity index (χ2v) is 7.56. The van der Waals surface area contributed by atoms with Gasteiger partial charge in [-0.25, -0.2) is 4.98 Å². The number of carbonyl (C=O) groups is 1. The standard InChI is InChI=1S/C16H21N5O3S/c1-11-2-4-20(5-3-11)16-18-21-14(23)12(10-17-15(21)25-16)13(22)19-6-8-24-9-7-19/h10-11H,2-9H2,1H3. The summed E-state index contributed by atoms with van der Waals surface area (Å²) in [5.41, 5.74) is -0.321. The number of amides is 1. The topological polar surface area (TPSA) is 80.0 Å². The van der Waals surface area contributed by atoms with Gasteiger partial charge in [-0.2, -0.15) is 4.52 Å². The number of hydrogen-bond donors (Lipinski definition) is 0. The molecule has 25 heavy (non-hydrogen) atoms. The molecule has 0 radical (unpaired) electrons. The smallest absolute Gasteiger partial charge is 0.288 e. The second-order valence-electron chi connectivity index (χ2n) is 6.63. The summed E-state index contributed by atoms with van der Waals surface area (Å²) in [6, 6.07) is 0. The maximum Gasteiger partial charge on any atom is 0.288 e. The fraction of sp³-hybridized carbons (Fsp3) is 0.625. The van der Waals surface area contributed by atoms with Crippen molar-refractivity contribution in [1.82, 2.24) is 19.5 Å². The molecule has 2 aromatic rings. The normalized spacial score (nSPS) is 19.6. The molecular formula is C16H21N5O3S. The highest BCUT2D eigenvalue weighted by atomic mass is 32.1. The zero-order valence-corrected chi connectivity index (χ0v) is 15.0. The third kappa shape index (κ3) is 3.13. The van der Waals surface area contributed by atoms with Crippen molar-refractivity contribution in [3.63, 3.8) is 0 Å². The molecule has 2 saturated heterocycles. The predicted octanol–water partition coefficient (Wildman–Crippen LogP) is 0.860. The Morgan fingerprint density at radius 2 is 1.96 bits per heavy atom. The van der Waals surface area contributed by atoms with E-state index in [-0.39, 0.29) is 11.5 Å². The molecule has 2 aromatic heterocycles. The summed E-state index contributed by atoms with van der Waals surface area (Å²) in [6.45, 7) is 6.12. The van der Waals surface area contributed by atoms with Gasteiger partial charge in [0.1, 0.15) is 5.56 Å². The molecule has 2 aliphatic rings. The van der Waals surface area contributed by atoms with Crippen molar-refractivity contribution in [2.45, 2.75) is 19.8 Å². The lowest BCUT2D eigenvalue weighted by molar-refractivity contribution is 0.0301. The van der Waals surface area contributed by atoms with Gasteiger partial charge in [0.25, 0.3) is 11.5 Å². The molecule has 0 spiro atoms. The van der Waals surface area contributed by atoms with Crippen molar-refractivity contribution in [3.05, 3.63) is 22.1 Å². The number of carbonyl (C=O) groups excluding carboxylic acids is 1. The molecule has 134 valence electrons. The predicted molar refractivity (Wildman–Crippen MR) is 94.5 cm³/mol. The third-order valence-corrected chi connectivity index (χ3v) is 5.84. The average molecular weight is 363 g/mol. The summed E-state index contributed by atoms with van der Waals surface area (Å²) in [7, 11) is 0. The Hall–Kier alpha value is -2.00. The first-order chi connectivity index (χ1) is 12.1. The van der Waals surface area contributed by atoms with E-state index in [2.05, 4.69) is 21.9 Å². The number of fused-ring (bicyclic) bond motifs is 1. The van der Waals surface area contributed by atoms with Crippen molar-refractivity contribution in [2.24, 2.45) is 5.92 Å². The summed E-state index contributed by atoms with van der Waals surface area (Å²) in [5, 5.41) is 5.24. The molecule has 0 N–H and O–H groups in total. The molecule has 0 saturated carbocycles. The van der Waals surface area contributed by atoms with Gasteiger partial charge in [-0.3, -0.25) is 9.59 Å². The van der Waals surface area contributed by atoms with E-state index in [1.807, 2.05) is 0 Å². The number of aromatic nitrogens is 3. The van der Waals surface area contributed by atoms with Crippen LogP contribution in [-0.2, 0) is 4.74 Å². The Kier molecular flexibility index (Phi) is 4.43. The van der Waals surface area contributed by atoms with Gasteiger partial charge >= 0.3 is 0 Å². The van der Waals surface area contributed by atoms with Gasteiger partial charge in [-0.15, -0.1) is 5.10 Å². The Morgan fingerprint density at radius 3 is 2.68 bits per heavy atom. The largest absolute Gasteiger partial charge is 0.378 e. The molecular weight excluding hydrogens is 342 g/mol. The number of anilines is 1. The van der Waals surface area contributed by atoms with Gasteiger partial charge in [0.15, 0.2) is 0 Å². The SMILES string of the molecule is CC1CCN(c2nn3c(=O)c(C(=O)N4CCOCC4)cnc3s2)CC1. The molecule has 0 aliphatic carbocycles. The highest BCUT2D eigenvalue weighted by molar-refractivity contribution is 7.20. The van der Waals surface area contributed by atoms with E-state index in [9.17, 15) is 9.59 Å². The second kappa shape index (κ2) is 6.72. The highest BCUT2D eigenvalue weighted by Gasteiger charge is 2.24. The Labute approximate surface area is 149 Å². The van der Waals surface area contributed by atoms with Crippen LogP contribution in [0.4, 0.5) is 5.13 Å². The number of piperidine rings is 1. The van der Waals surface area contributed by atoms with Crippen LogP contribution in [-0.4, -0.2) is 64.8 Å². The Morgan fingerprint density at radius 1 is 1.24 bits per heavy atom. The zero-order valence-electron chi connectivity index (χ0n) is 14.2. The average Bonchev–Trinajstić information content (AvgIpc) is 3.08. The Balaban J connectivity index is 1.63. The van der Waals surface area contributed by atoms with Gasteiger partial charge < -0.3 is 14.5 Å². The maximum absolute atomic E-state index is 12.7. The lowest BCUT2D eigenvalue weighted by Crippen LogP contribution is -2.43. The van der Waals surface area contributed by atoms with E-state index in [0.29, 0.717) is 31.3 Å². The van der Waals surface area contributed by atoms with Gasteiger partial charge in [-0.1, -0.05) is 18.3 Å². The molecule has 4 heterocycles. The Bertz CT molecular complexity index is 834. The van der Waals surface area contributed by atoms with Crippen LogP contribution in [0.5, 0.6) is 0 Å². The van der Waals surface area contributed by atoms with Crippen LogP contribution in [0.2, 0.25) is 0 Å². The van der Waals surface area contributed by atoms with E-state index in [1.54, 1.807) is 4.90 Å². The van der Waals surface area contributed by atoms with Gasteiger partial charge in [-0.05, 0) is 18.8 Å². The number of rotatable bonds is 2. The van der Waals surface area contributed by atoms with E-state index >= 15 is 0 Å². The van der Waals surface area contributed by atoms with Gasteiger partial charge in [0.2, 0.25) is 10.1 Å². The van der Waals surface area contributed by atoms with Crippen LogP contribution in [0.15, 0.2) is 11.0 Å². The summed E-state index contributed by atoms with van der Waals surface area (Å²) in [5.74, 6) is 0.431. The minimum Gasteiger partial charge on any atom is -0.378 e. The van der Waals surface area contributed by atoms with Crippen molar-refractivity contribution in [3.8, 4) is 0 Å². The van der Waals surface area contributed by atoms with Crippen LogP contribution in [0, 0.1) is 5.92 Å². The molecule has 4 rings (SSSR count). The summed E-state index contributed by atoms with van der Waals surface area (Å²) >= 11 is 1.40. The summed E-state index contributed by atoms with van der Waals surface area (Å²) in [6.07, 6.45) is 3.63. The van der Waals surface area contributed by atoms with Crippen molar-refractivity contribution in [1.29, 1.82) is 0 Å². The highest BCUT2D eigenvalue weighted by Crippen LogP contribution is 2.26. The van der Waals surface area contributed by atoms with Gasteiger partial charge in [0, 0.05) is 32.4 Å². The van der Waals surface area contributed by atoms with E-state index < -0.39 is 5.56 Å². The third-order valence-electron chi connectivity index (χ3n) is 4.86. The van der Waals surface area contributed by atoms with Gasteiger partial charge in [0.05, 0.1) is 13.2 Å². The van der Waals surface area contributed by atoms with Crippen LogP contribution in [0.1, 0.15) is 30.1 Å². The zero-order chi connectivity index (χ0) is 17.4. The summed E-state index contributed by atoms with van der Waals surface area (Å²) in [4.78, 5) is 34.0. The van der Waals surface area contributed by atoms with Crippen LogP contribution >= 0.6 is 11.3 Å². The monoisotopic (exact) mass is 363 g/mol. The first kappa shape index (κ1) is 16.5. The minimum absolute atomic E-state index is 0.0727. The molecule has 9 heteroatoms. The number of morpholine rings is 1. The fourth-order valence-electron chi connectivity index (χ4n) is 3.19. The lowest BCUT2D eigenvalue weighted by atomic mass is 10.00. The first-order valence-electron chi connectivity index (χ1n) is 8.64. The number of nitrogens with zero attached hydrogens (tertiary/aromatic N) is 5. The van der Waals surface area contributed by atoms with E-state index in [4.69, 9.17) is 4.74 Å². The molecule has 2 fully saturated rings. The fourth-order valence-corrected chi connectivity index (χ4v) is 4.10. The van der Waals surface area contributed by atoms with Crippen LogP contribution in [0.25, 0.3) is 4.96 Å². The van der Waals surface area contributed by atoms with Crippen LogP contribution < -0.4 is 10.5 Å². The molecule has 2 aliphatic heterocycles. The van der Waals surface area contributed by atoms with Crippen molar-refractivity contribution < 1.29 is 9.53 Å². The first-order valence-corrected chi connectivity index (χ1v) is 9.46. The minimum atomic E-state index is -0.394. The maximum atomic E-state index is 12.7. The quantitative estimate of drug-likeness (QED) is 0.787. The van der Waals surface area contributed by atoms with E-state index in [0.717, 1.165) is 37.0 Å². The van der Waals surface area contributed by atoms with Crippen molar-refractivity contribution in [2.75, 3.05) is 44.3 Å². The number of ether oxygens (including phenoxy) is 1. The molecule has 0 aromatic carbocycles. The lowest BCUT2D eigenvalue weighted by Gasteiger charge is -2.29. The van der Waals surface area contributed by atoms with Crippen molar-refractivity contribution >= 4 is 27.3 Å². The molecule has 8 nitrogen and oxygen atoms in total. The van der Waals surface area contributed by atoms with Crippen LogP contribution in [0.3, 0.4) is 0 Å². The molecule has 0 unspecified atom stereocenters. The summed E-state index contributed by atoms with van der Waals surface area (Å²) < 4.78 is 6.52.